The van der Waals surface area contributed by atoms with E-state index in [0.717, 1.165) is 35.7 Å². The van der Waals surface area contributed by atoms with Crippen LogP contribution in [0.15, 0.2) is 66.9 Å². The molecule has 6 nitrogen and oxygen atoms in total. The van der Waals surface area contributed by atoms with Gasteiger partial charge < -0.3 is 20.3 Å². The number of aromatic nitrogens is 1. The normalized spacial score (nSPS) is 13.8. The average molecular weight is 388 g/mol. The van der Waals surface area contributed by atoms with E-state index in [4.69, 9.17) is 4.74 Å². The minimum Gasteiger partial charge on any atom is -0.378 e. The summed E-state index contributed by atoms with van der Waals surface area (Å²) in [5.74, 6) is 0.519. The third-order valence-electron chi connectivity index (χ3n) is 4.94. The predicted octanol–water partition coefficient (Wildman–Crippen LogP) is 4.22. The van der Waals surface area contributed by atoms with Crippen LogP contribution in [0.5, 0.6) is 0 Å². The Kier molecular flexibility index (Phi) is 5.72. The average Bonchev–Trinajstić information content (AvgIpc) is 2.77. The second-order valence-electron chi connectivity index (χ2n) is 6.94. The summed E-state index contributed by atoms with van der Waals surface area (Å²) in [6, 6.07) is 19.4. The van der Waals surface area contributed by atoms with Gasteiger partial charge in [0.15, 0.2) is 0 Å². The number of amides is 1. The summed E-state index contributed by atoms with van der Waals surface area (Å²) in [5, 5.41) is 6.30. The fourth-order valence-electron chi connectivity index (χ4n) is 3.31. The van der Waals surface area contributed by atoms with Crippen molar-refractivity contribution in [3.8, 4) is 0 Å². The number of hydrogen-bond acceptors (Lipinski definition) is 5. The Hall–Kier alpha value is -3.38. The van der Waals surface area contributed by atoms with Gasteiger partial charge in [0.25, 0.3) is 5.91 Å². The minimum absolute atomic E-state index is 0.180. The monoisotopic (exact) mass is 388 g/mol. The second-order valence-corrected chi connectivity index (χ2v) is 6.94. The lowest BCUT2D eigenvalue weighted by Crippen LogP contribution is -2.36. The van der Waals surface area contributed by atoms with Gasteiger partial charge in [-0.05, 0) is 42.8 Å². The molecule has 0 unspecified atom stereocenters. The number of ether oxygens (including phenoxy) is 1. The van der Waals surface area contributed by atoms with Crippen molar-refractivity contribution in [2.75, 3.05) is 41.8 Å². The van der Waals surface area contributed by atoms with Gasteiger partial charge in [-0.3, -0.25) is 4.79 Å². The van der Waals surface area contributed by atoms with E-state index < -0.39 is 0 Å². The van der Waals surface area contributed by atoms with Crippen molar-refractivity contribution in [1.29, 1.82) is 0 Å². The SMILES string of the molecule is Cc1ccccc1Nc1ccc(C(=O)Nc2ccccc2N2CCOCC2)cn1. The van der Waals surface area contributed by atoms with Crippen LogP contribution in [0, 0.1) is 6.92 Å². The highest BCUT2D eigenvalue weighted by molar-refractivity contribution is 6.05. The summed E-state index contributed by atoms with van der Waals surface area (Å²) in [6.45, 7) is 5.06. The molecule has 2 heterocycles. The number of nitrogens with zero attached hydrogens (tertiary/aromatic N) is 2. The summed E-state index contributed by atoms with van der Waals surface area (Å²) < 4.78 is 5.43. The first-order chi connectivity index (χ1) is 14.2. The van der Waals surface area contributed by atoms with E-state index in [1.807, 2.05) is 61.5 Å². The summed E-state index contributed by atoms with van der Waals surface area (Å²) in [7, 11) is 0. The van der Waals surface area contributed by atoms with Crippen molar-refractivity contribution in [3.05, 3.63) is 78.0 Å². The van der Waals surface area contributed by atoms with Crippen LogP contribution in [0.25, 0.3) is 0 Å². The molecule has 1 aromatic heterocycles. The van der Waals surface area contributed by atoms with Crippen molar-refractivity contribution < 1.29 is 9.53 Å². The van der Waals surface area contributed by atoms with Gasteiger partial charge in [-0.1, -0.05) is 30.3 Å². The molecule has 2 N–H and O–H groups in total. The molecule has 0 atom stereocenters. The van der Waals surface area contributed by atoms with Crippen LogP contribution in [0.4, 0.5) is 22.9 Å². The molecule has 1 amide bonds. The number of rotatable bonds is 5. The predicted molar refractivity (Wildman–Crippen MR) is 116 cm³/mol. The summed E-state index contributed by atoms with van der Waals surface area (Å²) in [4.78, 5) is 19.4. The number of carbonyl (C=O) groups is 1. The molecular weight excluding hydrogens is 364 g/mol. The van der Waals surface area contributed by atoms with Crippen LogP contribution in [-0.4, -0.2) is 37.2 Å². The first kappa shape index (κ1) is 19.0. The van der Waals surface area contributed by atoms with Crippen LogP contribution < -0.4 is 15.5 Å². The number of para-hydroxylation sites is 3. The topological polar surface area (TPSA) is 66.5 Å². The molecule has 6 heteroatoms. The lowest BCUT2D eigenvalue weighted by Gasteiger charge is -2.30. The van der Waals surface area contributed by atoms with Gasteiger partial charge in [0.05, 0.1) is 30.2 Å². The van der Waals surface area contributed by atoms with E-state index in [9.17, 15) is 4.79 Å². The van der Waals surface area contributed by atoms with Crippen LogP contribution in [0.2, 0.25) is 0 Å². The molecule has 1 saturated heterocycles. The lowest BCUT2D eigenvalue weighted by atomic mass is 10.2. The molecule has 0 aliphatic carbocycles. The van der Waals surface area contributed by atoms with Crippen molar-refractivity contribution >= 4 is 28.8 Å². The van der Waals surface area contributed by atoms with Crippen molar-refractivity contribution in [2.45, 2.75) is 6.92 Å². The Morgan fingerprint density at radius 1 is 0.966 bits per heavy atom. The maximum absolute atomic E-state index is 12.8. The first-order valence-electron chi connectivity index (χ1n) is 9.72. The zero-order valence-electron chi connectivity index (χ0n) is 16.4. The maximum atomic E-state index is 12.8. The molecule has 1 fully saturated rings. The maximum Gasteiger partial charge on any atom is 0.257 e. The van der Waals surface area contributed by atoms with Gasteiger partial charge in [-0.15, -0.1) is 0 Å². The van der Waals surface area contributed by atoms with E-state index in [2.05, 4.69) is 20.5 Å². The van der Waals surface area contributed by atoms with Crippen molar-refractivity contribution in [2.24, 2.45) is 0 Å². The number of hydrogen-bond donors (Lipinski definition) is 2. The molecule has 29 heavy (non-hydrogen) atoms. The number of pyridine rings is 1. The zero-order valence-corrected chi connectivity index (χ0v) is 16.4. The number of anilines is 4. The van der Waals surface area contributed by atoms with E-state index in [0.29, 0.717) is 24.6 Å². The smallest absolute Gasteiger partial charge is 0.257 e. The Balaban J connectivity index is 1.46. The summed E-state index contributed by atoms with van der Waals surface area (Å²) in [5.41, 5.74) is 4.45. The zero-order chi connectivity index (χ0) is 20.1. The van der Waals surface area contributed by atoms with Crippen LogP contribution >= 0.6 is 0 Å². The molecular formula is C23H24N4O2. The molecule has 0 bridgehead atoms. The van der Waals surface area contributed by atoms with Gasteiger partial charge >= 0.3 is 0 Å². The Labute approximate surface area is 170 Å². The highest BCUT2D eigenvalue weighted by Gasteiger charge is 2.16. The van der Waals surface area contributed by atoms with Crippen LogP contribution in [0.3, 0.4) is 0 Å². The first-order valence-corrected chi connectivity index (χ1v) is 9.72. The van der Waals surface area contributed by atoms with Crippen LogP contribution in [0.1, 0.15) is 15.9 Å². The molecule has 1 aliphatic heterocycles. The van der Waals surface area contributed by atoms with Gasteiger partial charge in [0.1, 0.15) is 5.82 Å². The molecule has 0 spiro atoms. The molecule has 2 aromatic carbocycles. The quantitative estimate of drug-likeness (QED) is 0.685. The number of nitrogens with one attached hydrogen (secondary N) is 2. The highest BCUT2D eigenvalue weighted by atomic mass is 16.5. The second kappa shape index (κ2) is 8.75. The number of aryl methyl sites for hydroxylation is 1. The lowest BCUT2D eigenvalue weighted by molar-refractivity contribution is 0.102. The third-order valence-corrected chi connectivity index (χ3v) is 4.94. The molecule has 3 aromatic rings. The van der Waals surface area contributed by atoms with Gasteiger partial charge in [-0.25, -0.2) is 4.98 Å². The van der Waals surface area contributed by atoms with Gasteiger partial charge in [0.2, 0.25) is 0 Å². The number of benzene rings is 2. The fourth-order valence-corrected chi connectivity index (χ4v) is 3.31. The van der Waals surface area contributed by atoms with E-state index in [1.165, 1.54) is 0 Å². The molecule has 0 radical (unpaired) electrons. The standard InChI is InChI=1S/C23H24N4O2/c1-17-6-2-3-7-19(17)25-22-11-10-18(16-24-22)23(28)26-20-8-4-5-9-21(20)27-12-14-29-15-13-27/h2-11,16H,12-15H2,1H3,(H,24,25)(H,26,28). The fraction of sp³-hybridized carbons (Fsp3) is 0.217. The summed E-state index contributed by atoms with van der Waals surface area (Å²) in [6.07, 6.45) is 1.59. The number of carbonyl (C=O) groups excluding carboxylic acids is 1. The summed E-state index contributed by atoms with van der Waals surface area (Å²) >= 11 is 0. The van der Waals surface area contributed by atoms with E-state index >= 15 is 0 Å². The molecule has 4 rings (SSSR count). The van der Waals surface area contributed by atoms with E-state index in [-0.39, 0.29) is 5.91 Å². The third kappa shape index (κ3) is 4.55. The Morgan fingerprint density at radius 2 is 1.69 bits per heavy atom. The Bertz CT molecular complexity index is 982. The number of morpholine rings is 1. The van der Waals surface area contributed by atoms with E-state index in [1.54, 1.807) is 12.3 Å². The Morgan fingerprint density at radius 3 is 2.41 bits per heavy atom. The minimum atomic E-state index is -0.180. The van der Waals surface area contributed by atoms with Crippen molar-refractivity contribution in [3.63, 3.8) is 0 Å². The molecule has 1 aliphatic rings. The molecule has 0 saturated carbocycles. The van der Waals surface area contributed by atoms with Gasteiger partial charge in [-0.2, -0.15) is 0 Å². The van der Waals surface area contributed by atoms with Gasteiger partial charge in [0, 0.05) is 25.0 Å². The highest BCUT2D eigenvalue weighted by Crippen LogP contribution is 2.27. The largest absolute Gasteiger partial charge is 0.378 e. The molecule has 148 valence electrons. The van der Waals surface area contributed by atoms with Crippen LogP contribution in [-0.2, 0) is 4.74 Å². The van der Waals surface area contributed by atoms with Crippen molar-refractivity contribution in [1.82, 2.24) is 4.98 Å².